The van der Waals surface area contributed by atoms with Crippen LogP contribution in [0.2, 0.25) is 0 Å². The molecule has 2 fully saturated rings. The fraction of sp³-hybridized carbons (Fsp3) is 1.00. The Kier molecular flexibility index (Phi) is 6.82. The molecule has 1 N–H and O–H groups in total. The largest absolute Gasteiger partial charge is 0.372 e. The first kappa shape index (κ1) is 17.8. The second-order valence-corrected chi connectivity index (χ2v) is 5.87. The van der Waals surface area contributed by atoms with E-state index in [1.165, 1.54) is 0 Å². The zero-order chi connectivity index (χ0) is 15.4. The maximum Gasteiger partial charge on any atom is 0.186 e. The average molecular weight is 294 g/mol. The summed E-state index contributed by atoms with van der Waals surface area (Å²) in [6, 6.07) is 0. The summed E-state index contributed by atoms with van der Waals surface area (Å²) in [6.07, 6.45) is -1.63. The SMILES string of the molecule is CC[C@H]1OC(C)[C@@H](F)[C@@H]1C.CC[C@H]1OC(O)[C@@H](F)[C@@H]1C. The van der Waals surface area contributed by atoms with Gasteiger partial charge < -0.3 is 14.6 Å². The average Bonchev–Trinajstić information content (AvgIpc) is 2.84. The lowest BCUT2D eigenvalue weighted by atomic mass is 9.99. The molecule has 120 valence electrons. The summed E-state index contributed by atoms with van der Waals surface area (Å²) in [4.78, 5) is 0. The van der Waals surface area contributed by atoms with Crippen molar-refractivity contribution in [2.24, 2.45) is 11.8 Å². The van der Waals surface area contributed by atoms with E-state index in [0.29, 0.717) is 0 Å². The van der Waals surface area contributed by atoms with Gasteiger partial charge in [0.25, 0.3) is 0 Å². The third kappa shape index (κ3) is 3.89. The van der Waals surface area contributed by atoms with E-state index in [4.69, 9.17) is 14.6 Å². The van der Waals surface area contributed by atoms with Crippen LogP contribution in [-0.4, -0.2) is 42.1 Å². The highest BCUT2D eigenvalue weighted by Gasteiger charge is 2.40. The first-order valence-corrected chi connectivity index (χ1v) is 7.60. The highest BCUT2D eigenvalue weighted by molar-refractivity contribution is 4.85. The normalized spacial score (nSPS) is 48.0. The molecule has 0 radical (unpaired) electrons. The zero-order valence-electron chi connectivity index (χ0n) is 13.1. The molecular formula is C15H28F2O3. The van der Waals surface area contributed by atoms with Gasteiger partial charge in [-0.3, -0.25) is 0 Å². The molecule has 2 aliphatic heterocycles. The molecule has 0 aromatic heterocycles. The van der Waals surface area contributed by atoms with Crippen molar-refractivity contribution >= 4 is 0 Å². The molecule has 2 unspecified atom stereocenters. The van der Waals surface area contributed by atoms with Gasteiger partial charge in [-0.25, -0.2) is 8.78 Å². The van der Waals surface area contributed by atoms with E-state index >= 15 is 0 Å². The monoisotopic (exact) mass is 294 g/mol. The van der Waals surface area contributed by atoms with Crippen LogP contribution in [-0.2, 0) is 9.47 Å². The standard InChI is InChI=1S/C8H15FO.C7H13FO2/c1-4-7-5(2)8(9)6(3)10-7;1-3-5-4(2)6(8)7(9)10-5/h5-8H,4H2,1-3H3;4-7,9H,3H2,1-2H3/t5-,6?,7-,8+;4-,5-,6+,7?/m11/s1. The van der Waals surface area contributed by atoms with Crippen LogP contribution >= 0.6 is 0 Å². The number of alkyl halides is 2. The quantitative estimate of drug-likeness (QED) is 0.849. The molecule has 3 nitrogen and oxygen atoms in total. The fourth-order valence-corrected chi connectivity index (χ4v) is 2.89. The molecule has 0 amide bonds. The van der Waals surface area contributed by atoms with Gasteiger partial charge in [0, 0.05) is 11.8 Å². The van der Waals surface area contributed by atoms with E-state index < -0.39 is 18.6 Å². The molecule has 5 heteroatoms. The predicted molar refractivity (Wildman–Crippen MR) is 73.9 cm³/mol. The molecule has 0 aromatic carbocycles. The van der Waals surface area contributed by atoms with Crippen molar-refractivity contribution in [3.63, 3.8) is 0 Å². The predicted octanol–water partition coefficient (Wildman–Crippen LogP) is 3.25. The summed E-state index contributed by atoms with van der Waals surface area (Å²) in [7, 11) is 0. The van der Waals surface area contributed by atoms with Gasteiger partial charge in [-0.1, -0.05) is 27.7 Å². The van der Waals surface area contributed by atoms with E-state index in [2.05, 4.69) is 0 Å². The summed E-state index contributed by atoms with van der Waals surface area (Å²) in [6.45, 7) is 9.44. The lowest BCUT2D eigenvalue weighted by Crippen LogP contribution is -2.20. The van der Waals surface area contributed by atoms with Crippen LogP contribution < -0.4 is 0 Å². The van der Waals surface area contributed by atoms with Crippen LogP contribution in [0.25, 0.3) is 0 Å². The van der Waals surface area contributed by atoms with Crippen LogP contribution in [0, 0.1) is 11.8 Å². The summed E-state index contributed by atoms with van der Waals surface area (Å²) in [5.74, 6) is -0.0833. The van der Waals surface area contributed by atoms with Gasteiger partial charge in [0.15, 0.2) is 12.5 Å². The minimum atomic E-state index is -1.20. The number of aliphatic hydroxyl groups is 1. The maximum absolute atomic E-state index is 13.0. The molecule has 2 aliphatic rings. The van der Waals surface area contributed by atoms with Gasteiger partial charge in [0.1, 0.15) is 6.17 Å². The Hall–Kier alpha value is -0.260. The van der Waals surface area contributed by atoms with Crippen molar-refractivity contribution in [3.05, 3.63) is 0 Å². The van der Waals surface area contributed by atoms with Crippen LogP contribution in [0.5, 0.6) is 0 Å². The van der Waals surface area contributed by atoms with Crippen molar-refractivity contribution in [2.45, 2.75) is 84.4 Å². The molecule has 0 aromatic rings. The Bertz CT molecular complexity index is 262. The van der Waals surface area contributed by atoms with Crippen molar-refractivity contribution in [1.29, 1.82) is 0 Å². The molecule has 8 atom stereocenters. The van der Waals surface area contributed by atoms with Gasteiger partial charge in [-0.15, -0.1) is 0 Å². The molecule has 0 bridgehead atoms. The van der Waals surface area contributed by atoms with Gasteiger partial charge in [-0.2, -0.15) is 0 Å². The molecule has 20 heavy (non-hydrogen) atoms. The lowest BCUT2D eigenvalue weighted by molar-refractivity contribution is -0.112. The maximum atomic E-state index is 13.0. The van der Waals surface area contributed by atoms with E-state index in [1.807, 2.05) is 20.8 Å². The summed E-state index contributed by atoms with van der Waals surface area (Å²) in [5, 5.41) is 8.87. The molecule has 2 saturated heterocycles. The minimum Gasteiger partial charge on any atom is -0.372 e. The third-order valence-electron chi connectivity index (χ3n) is 4.41. The number of ether oxygens (including phenoxy) is 2. The van der Waals surface area contributed by atoms with Gasteiger partial charge in [-0.05, 0) is 19.8 Å². The second-order valence-electron chi connectivity index (χ2n) is 5.87. The molecule has 2 heterocycles. The van der Waals surface area contributed by atoms with Crippen molar-refractivity contribution < 1.29 is 23.4 Å². The number of hydrogen-bond acceptors (Lipinski definition) is 3. The summed E-state index contributed by atoms with van der Waals surface area (Å²) in [5.41, 5.74) is 0. The molecule has 0 saturated carbocycles. The molecule has 0 spiro atoms. The van der Waals surface area contributed by atoms with Crippen molar-refractivity contribution in [2.75, 3.05) is 0 Å². The van der Waals surface area contributed by atoms with Crippen LogP contribution in [0.15, 0.2) is 0 Å². The van der Waals surface area contributed by atoms with E-state index in [-0.39, 0.29) is 30.1 Å². The smallest absolute Gasteiger partial charge is 0.186 e. The Morgan fingerprint density at radius 2 is 1.30 bits per heavy atom. The fourth-order valence-electron chi connectivity index (χ4n) is 2.89. The van der Waals surface area contributed by atoms with Gasteiger partial charge in [0.2, 0.25) is 0 Å². The zero-order valence-corrected chi connectivity index (χ0v) is 13.1. The summed E-state index contributed by atoms with van der Waals surface area (Å²) >= 11 is 0. The Morgan fingerprint density at radius 1 is 0.850 bits per heavy atom. The Morgan fingerprint density at radius 3 is 1.50 bits per heavy atom. The minimum absolute atomic E-state index is 0.0833. The topological polar surface area (TPSA) is 38.7 Å². The van der Waals surface area contributed by atoms with Gasteiger partial charge >= 0.3 is 0 Å². The first-order valence-electron chi connectivity index (χ1n) is 7.60. The number of aliphatic hydroxyl groups excluding tert-OH is 1. The van der Waals surface area contributed by atoms with Crippen LogP contribution in [0.4, 0.5) is 8.78 Å². The second kappa shape index (κ2) is 7.66. The third-order valence-corrected chi connectivity index (χ3v) is 4.41. The number of hydrogen-bond donors (Lipinski definition) is 1. The van der Waals surface area contributed by atoms with E-state index in [9.17, 15) is 8.78 Å². The number of rotatable bonds is 2. The highest BCUT2D eigenvalue weighted by Crippen LogP contribution is 2.30. The van der Waals surface area contributed by atoms with Crippen molar-refractivity contribution in [1.82, 2.24) is 0 Å². The van der Waals surface area contributed by atoms with Crippen molar-refractivity contribution in [3.8, 4) is 0 Å². The van der Waals surface area contributed by atoms with E-state index in [0.717, 1.165) is 12.8 Å². The first-order chi connectivity index (χ1) is 9.33. The van der Waals surface area contributed by atoms with E-state index in [1.54, 1.807) is 13.8 Å². The molecule has 0 aliphatic carbocycles. The Balaban J connectivity index is 0.000000200. The lowest BCUT2D eigenvalue weighted by Gasteiger charge is -2.10. The highest BCUT2D eigenvalue weighted by atomic mass is 19.1. The van der Waals surface area contributed by atoms with Crippen LogP contribution in [0.1, 0.15) is 47.5 Å². The number of halogens is 2. The molecule has 2 rings (SSSR count). The van der Waals surface area contributed by atoms with Gasteiger partial charge in [0.05, 0.1) is 18.3 Å². The Labute approximate surface area is 120 Å². The van der Waals surface area contributed by atoms with Crippen LogP contribution in [0.3, 0.4) is 0 Å². The summed E-state index contributed by atoms with van der Waals surface area (Å²) < 4.78 is 36.1. The molecular weight excluding hydrogens is 266 g/mol.